The lowest BCUT2D eigenvalue weighted by molar-refractivity contribution is -0.123. The van der Waals surface area contributed by atoms with Crippen LogP contribution in [0.3, 0.4) is 0 Å². The molecule has 6 heterocycles. The first-order chi connectivity index (χ1) is 42.2. The van der Waals surface area contributed by atoms with Crippen LogP contribution in [0, 0.1) is 18.3 Å². The molecule has 4 aliphatic rings. The van der Waals surface area contributed by atoms with Crippen molar-refractivity contribution in [2.45, 2.75) is 146 Å². The number of benzene rings is 4. The summed E-state index contributed by atoms with van der Waals surface area (Å²) >= 11 is 0. The van der Waals surface area contributed by atoms with Gasteiger partial charge in [-0.05, 0) is 103 Å². The molecule has 2 saturated heterocycles. The molecular formula is C65H73N15O7. The van der Waals surface area contributed by atoms with Crippen molar-refractivity contribution in [2.24, 2.45) is 0 Å². The molecule has 0 unspecified atom stereocenters. The lowest BCUT2D eigenvalue weighted by atomic mass is 9.98. The molecule has 4 aromatic heterocycles. The predicted molar refractivity (Wildman–Crippen MR) is 327 cm³/mol. The van der Waals surface area contributed by atoms with Crippen LogP contribution in [0.1, 0.15) is 98.1 Å². The molecule has 87 heavy (non-hydrogen) atoms. The first kappa shape index (κ1) is 58.5. The van der Waals surface area contributed by atoms with Crippen LogP contribution < -0.4 is 31.1 Å². The highest BCUT2D eigenvalue weighted by Crippen LogP contribution is 2.37. The Balaban J connectivity index is 0.743. The SMILES string of the molecule is CCC(=O)N[C@H]1C[C@@H](n2cnc3c(CCc4ccc(-c5ccccc5C)cc4)nc(N4CC[C@@H](NC(=O)N[C@@H]5CCN(c6nc(CCc7ccc(-c8ccccc8C#N)cc7)c7ncn([C@@H]8C[C@H](NC(=O)CC)[C@@H](O)[C@H]8O)c7n6)C5)C4)nc32)[C@H](O)[C@@H]1O. The van der Waals surface area contributed by atoms with E-state index < -0.39 is 48.6 Å². The maximum absolute atomic E-state index is 13.9. The van der Waals surface area contributed by atoms with E-state index in [1.165, 1.54) is 11.1 Å². The van der Waals surface area contributed by atoms with Crippen molar-refractivity contribution in [2.75, 3.05) is 36.0 Å². The van der Waals surface area contributed by atoms with Crippen molar-refractivity contribution in [1.82, 2.24) is 60.3 Å². The smallest absolute Gasteiger partial charge is 0.315 e. The molecule has 4 aromatic carbocycles. The summed E-state index contributed by atoms with van der Waals surface area (Å²) < 4.78 is 3.58. The van der Waals surface area contributed by atoms with E-state index in [0.29, 0.717) is 110 Å². The van der Waals surface area contributed by atoms with Crippen molar-refractivity contribution in [1.29, 1.82) is 5.26 Å². The number of carbonyl (C=O) groups is 3. The van der Waals surface area contributed by atoms with Gasteiger partial charge in [-0.1, -0.05) is 105 Å². The number of aryl methyl sites for hydroxylation is 5. The van der Waals surface area contributed by atoms with Crippen LogP contribution in [-0.4, -0.2) is 152 Å². The molecule has 0 radical (unpaired) electrons. The largest absolute Gasteiger partial charge is 0.388 e. The number of hydrogen-bond acceptors (Lipinski definition) is 16. The lowest BCUT2D eigenvalue weighted by Gasteiger charge is -2.21. The Hall–Kier alpha value is -8.88. The Labute approximate surface area is 503 Å². The topological polar surface area (TPSA) is 298 Å². The third-order valence-corrected chi connectivity index (χ3v) is 18.0. The van der Waals surface area contributed by atoms with E-state index in [1.54, 1.807) is 41.7 Å². The molecule has 0 spiro atoms. The average molecular weight is 1180 g/mol. The fraction of sp³-hybridized carbons (Fsp3) is 0.415. The number of nitriles is 1. The van der Waals surface area contributed by atoms with Gasteiger partial charge in [0, 0.05) is 51.1 Å². The molecule has 12 rings (SSSR count). The summed E-state index contributed by atoms with van der Waals surface area (Å²) in [5, 5.41) is 66.9. The highest BCUT2D eigenvalue weighted by molar-refractivity contribution is 5.79. The Morgan fingerprint density at radius 3 is 1.47 bits per heavy atom. The Kier molecular flexibility index (Phi) is 17.0. The van der Waals surface area contributed by atoms with Crippen molar-refractivity contribution in [3.05, 3.63) is 143 Å². The molecule has 22 nitrogen and oxygen atoms in total. The molecule has 4 amide bonds. The van der Waals surface area contributed by atoms with Crippen LogP contribution in [0.2, 0.25) is 0 Å². The zero-order valence-electron chi connectivity index (χ0n) is 49.0. The van der Waals surface area contributed by atoms with Gasteiger partial charge >= 0.3 is 6.03 Å². The number of aliphatic hydroxyl groups excluding tert-OH is 4. The van der Waals surface area contributed by atoms with Gasteiger partial charge in [0.15, 0.2) is 11.3 Å². The zero-order chi connectivity index (χ0) is 60.5. The summed E-state index contributed by atoms with van der Waals surface area (Å²) in [7, 11) is 0. The predicted octanol–water partition coefficient (Wildman–Crippen LogP) is 5.33. The van der Waals surface area contributed by atoms with E-state index in [1.807, 2.05) is 59.5 Å². The quantitative estimate of drug-likeness (QED) is 0.0539. The van der Waals surface area contributed by atoms with Gasteiger partial charge in [0.25, 0.3) is 0 Å². The van der Waals surface area contributed by atoms with Crippen LogP contribution in [-0.2, 0) is 35.3 Å². The number of nitrogens with one attached hydrogen (secondary N) is 4. The molecule has 2 aliphatic carbocycles. The molecule has 10 atom stereocenters. The molecule has 8 N–H and O–H groups in total. The first-order valence-corrected chi connectivity index (χ1v) is 30.3. The second kappa shape index (κ2) is 25.2. The minimum atomic E-state index is -1.20. The summed E-state index contributed by atoms with van der Waals surface area (Å²) in [6, 6.07) is 31.4. The van der Waals surface area contributed by atoms with Crippen molar-refractivity contribution >= 4 is 52.1 Å². The van der Waals surface area contributed by atoms with Gasteiger partial charge in [-0.2, -0.15) is 15.2 Å². The van der Waals surface area contributed by atoms with E-state index >= 15 is 0 Å². The number of imidazole rings is 2. The van der Waals surface area contributed by atoms with Gasteiger partial charge in [-0.15, -0.1) is 0 Å². The molecular weight excluding hydrogens is 1100 g/mol. The summed E-state index contributed by atoms with van der Waals surface area (Å²) in [6.07, 6.45) is 3.09. The zero-order valence-corrected chi connectivity index (χ0v) is 49.0. The van der Waals surface area contributed by atoms with Crippen LogP contribution in [0.4, 0.5) is 16.7 Å². The number of carbonyl (C=O) groups excluding carboxylic acids is 3. The van der Waals surface area contributed by atoms with E-state index in [2.05, 4.69) is 75.6 Å². The maximum Gasteiger partial charge on any atom is 0.315 e. The van der Waals surface area contributed by atoms with E-state index in [-0.39, 0.29) is 55.6 Å². The van der Waals surface area contributed by atoms with E-state index in [4.69, 9.17) is 29.9 Å². The Morgan fingerprint density at radius 1 is 0.563 bits per heavy atom. The number of aromatic nitrogens is 8. The summed E-state index contributed by atoms with van der Waals surface area (Å²) in [4.78, 5) is 72.9. The Morgan fingerprint density at radius 2 is 1.01 bits per heavy atom. The molecule has 4 fully saturated rings. The second-order valence-electron chi connectivity index (χ2n) is 23.6. The first-order valence-electron chi connectivity index (χ1n) is 30.3. The number of nitrogens with zero attached hydrogens (tertiary/aromatic N) is 11. The van der Waals surface area contributed by atoms with Crippen LogP contribution in [0.5, 0.6) is 0 Å². The molecule has 2 saturated carbocycles. The van der Waals surface area contributed by atoms with Gasteiger partial charge in [0.2, 0.25) is 23.7 Å². The molecule has 2 aliphatic heterocycles. The molecule has 8 aromatic rings. The minimum Gasteiger partial charge on any atom is -0.388 e. The minimum absolute atomic E-state index is 0.215. The van der Waals surface area contributed by atoms with Gasteiger partial charge < -0.3 is 60.6 Å². The number of fused-ring (bicyclic) bond motifs is 2. The normalized spacial score (nSPS) is 23.6. The number of aliphatic hydroxyl groups is 4. The van der Waals surface area contributed by atoms with Crippen LogP contribution in [0.25, 0.3) is 44.6 Å². The standard InChI is InChI=1S/C65H73N15O7/c1-4-53(81)71-49-30-51(59(85)57(49)83)79-35-67-55-47(24-18-38-14-20-40(21-15-38)45-12-8-6-10-37(45)3)73-63(75-61(55)79)77-28-26-43(33-77)69-65(87)70-44-27-29-78(34-44)64-74-48(25-19-39-16-22-41(23-17-39)46-13-9-7-11-42(46)32-66)56-62(76-64)80(36-68-56)52-31-50(58(84)60(52)86)72-54(82)5-2/h6-17,20-23,35-36,43-44,49-52,57-60,83-86H,4-5,18-19,24-31,33-34H2,1-3H3,(H,71,81)(H,72,82)(H2,69,70,87)/t43-,44-,49+,50+,51-,52-,57-,58-,59+,60+/m1/s1. The van der Waals surface area contributed by atoms with E-state index in [0.717, 1.165) is 33.5 Å². The van der Waals surface area contributed by atoms with Crippen molar-refractivity contribution in [3.63, 3.8) is 0 Å². The maximum atomic E-state index is 13.9. The third kappa shape index (κ3) is 12.2. The number of rotatable bonds is 18. The number of hydrogen-bond donors (Lipinski definition) is 8. The second-order valence-corrected chi connectivity index (χ2v) is 23.6. The third-order valence-electron chi connectivity index (χ3n) is 18.0. The average Bonchev–Trinajstić information content (AvgIpc) is 1.87. The summed E-state index contributed by atoms with van der Waals surface area (Å²) in [5.41, 5.74) is 11.7. The highest BCUT2D eigenvalue weighted by Gasteiger charge is 2.45. The lowest BCUT2D eigenvalue weighted by Crippen LogP contribution is -2.48. The Bertz CT molecular complexity index is 3870. The van der Waals surface area contributed by atoms with Gasteiger partial charge in [-0.25, -0.2) is 24.7 Å². The van der Waals surface area contributed by atoms with Crippen LogP contribution in [0.15, 0.2) is 110 Å². The molecule has 450 valence electrons. The summed E-state index contributed by atoms with van der Waals surface area (Å²) in [5.74, 6) is 0.467. The number of amides is 4. The van der Waals surface area contributed by atoms with Gasteiger partial charge in [0.1, 0.15) is 35.4 Å². The number of urea groups is 1. The van der Waals surface area contributed by atoms with Gasteiger partial charge in [0.05, 0.1) is 59.8 Å². The molecule has 22 heteroatoms. The molecule has 0 bridgehead atoms. The highest BCUT2D eigenvalue weighted by atomic mass is 16.3. The summed E-state index contributed by atoms with van der Waals surface area (Å²) in [6.45, 7) is 7.54. The number of anilines is 2. The van der Waals surface area contributed by atoms with Crippen LogP contribution >= 0.6 is 0 Å². The van der Waals surface area contributed by atoms with Crippen molar-refractivity contribution in [3.8, 4) is 28.3 Å². The van der Waals surface area contributed by atoms with Gasteiger partial charge in [-0.3, -0.25) is 9.59 Å². The fourth-order valence-corrected chi connectivity index (χ4v) is 13.0. The monoisotopic (exact) mass is 1180 g/mol. The fourth-order valence-electron chi connectivity index (χ4n) is 13.0. The van der Waals surface area contributed by atoms with E-state index in [9.17, 15) is 40.1 Å². The van der Waals surface area contributed by atoms with Crippen molar-refractivity contribution < 1.29 is 34.8 Å².